The molecule has 5 heteroatoms. The number of hydroxylamine groups is 2. The quantitative estimate of drug-likeness (QED) is 0.743. The summed E-state index contributed by atoms with van der Waals surface area (Å²) in [6.45, 7) is 7.61. The average Bonchev–Trinajstić information content (AvgIpc) is 3.30. The van der Waals surface area contributed by atoms with Gasteiger partial charge < -0.3 is 14.8 Å². The maximum Gasteiger partial charge on any atom is 0.328 e. The third-order valence-electron chi connectivity index (χ3n) is 6.92. The second-order valence-corrected chi connectivity index (χ2v) is 8.72. The average molecular weight is 379 g/mol. The van der Waals surface area contributed by atoms with Gasteiger partial charge in [0.15, 0.2) is 0 Å². The van der Waals surface area contributed by atoms with Crippen LogP contribution in [0.3, 0.4) is 0 Å². The molecule has 27 heavy (non-hydrogen) atoms. The van der Waals surface area contributed by atoms with Crippen LogP contribution in [0.4, 0.5) is 0 Å². The van der Waals surface area contributed by atoms with Gasteiger partial charge in [0.1, 0.15) is 0 Å². The molecule has 4 aliphatic rings. The molecule has 0 aromatic heterocycles. The molecule has 1 saturated carbocycles. The standard InChI is InChI=1S/C15H23NO2.C7H15NO/c1-2-15-7-6-12(11-15)10-13(15)14(17)18-16-8-4-3-5-9-16;9-7-6-8-4-2-1-3-5-8/h6-7,12-13H,2-5,8-11H2,1H3;9H,1-7H2. The predicted octanol–water partition coefficient (Wildman–Crippen LogP) is 3.39. The highest BCUT2D eigenvalue weighted by Gasteiger charge is 2.51. The number of piperidine rings is 2. The molecule has 3 atom stereocenters. The third kappa shape index (κ3) is 5.33. The van der Waals surface area contributed by atoms with Crippen LogP contribution in [0.1, 0.15) is 64.7 Å². The first kappa shape index (κ1) is 20.8. The van der Waals surface area contributed by atoms with Crippen LogP contribution < -0.4 is 0 Å². The van der Waals surface area contributed by atoms with Crippen molar-refractivity contribution in [2.45, 2.75) is 64.7 Å². The molecule has 0 amide bonds. The molecule has 0 aromatic rings. The zero-order chi connectivity index (χ0) is 19.1. The van der Waals surface area contributed by atoms with Crippen molar-refractivity contribution in [1.82, 2.24) is 9.96 Å². The van der Waals surface area contributed by atoms with Gasteiger partial charge in [-0.15, -0.1) is 5.06 Å². The lowest BCUT2D eigenvalue weighted by Gasteiger charge is -2.32. The van der Waals surface area contributed by atoms with E-state index in [1.165, 1.54) is 38.8 Å². The minimum Gasteiger partial charge on any atom is -0.395 e. The molecule has 2 aliphatic carbocycles. The molecule has 3 unspecified atom stereocenters. The highest BCUT2D eigenvalue weighted by atomic mass is 16.7. The van der Waals surface area contributed by atoms with Gasteiger partial charge in [-0.1, -0.05) is 31.9 Å². The van der Waals surface area contributed by atoms with Crippen LogP contribution in [0.2, 0.25) is 0 Å². The minimum absolute atomic E-state index is 0.0191. The van der Waals surface area contributed by atoms with Crippen molar-refractivity contribution < 1.29 is 14.7 Å². The molecule has 2 heterocycles. The Bertz CT molecular complexity index is 495. The predicted molar refractivity (Wildman–Crippen MR) is 107 cm³/mol. The highest BCUT2D eigenvalue weighted by Crippen LogP contribution is 2.55. The lowest BCUT2D eigenvalue weighted by molar-refractivity contribution is -0.202. The zero-order valence-electron chi connectivity index (χ0n) is 17.1. The van der Waals surface area contributed by atoms with E-state index in [2.05, 4.69) is 24.0 Å². The second kappa shape index (κ2) is 10.0. The second-order valence-electron chi connectivity index (χ2n) is 8.72. The Kier molecular flexibility index (Phi) is 7.74. The summed E-state index contributed by atoms with van der Waals surface area (Å²) < 4.78 is 0. The Hall–Kier alpha value is -0.910. The number of allylic oxidation sites excluding steroid dienone is 2. The summed E-state index contributed by atoms with van der Waals surface area (Å²) in [5, 5.41) is 10.5. The van der Waals surface area contributed by atoms with E-state index in [-0.39, 0.29) is 17.3 Å². The van der Waals surface area contributed by atoms with Gasteiger partial charge in [-0.3, -0.25) is 4.79 Å². The van der Waals surface area contributed by atoms with Gasteiger partial charge in [-0.25, -0.2) is 0 Å². The third-order valence-corrected chi connectivity index (χ3v) is 6.92. The molecular weight excluding hydrogens is 340 g/mol. The maximum atomic E-state index is 12.4. The van der Waals surface area contributed by atoms with E-state index >= 15 is 0 Å². The first-order valence-electron chi connectivity index (χ1n) is 11.2. The van der Waals surface area contributed by atoms with Crippen molar-refractivity contribution in [3.8, 4) is 0 Å². The normalized spacial score (nSPS) is 33.6. The van der Waals surface area contributed by atoms with Gasteiger partial charge in [-0.2, -0.15) is 0 Å². The molecule has 0 spiro atoms. The van der Waals surface area contributed by atoms with E-state index < -0.39 is 0 Å². The zero-order valence-corrected chi connectivity index (χ0v) is 17.1. The monoisotopic (exact) mass is 378 g/mol. The summed E-state index contributed by atoms with van der Waals surface area (Å²) in [5.41, 5.74) is 0.109. The molecule has 154 valence electrons. The Morgan fingerprint density at radius 1 is 1.11 bits per heavy atom. The van der Waals surface area contributed by atoms with Crippen LogP contribution >= 0.6 is 0 Å². The van der Waals surface area contributed by atoms with Crippen molar-refractivity contribution in [3.63, 3.8) is 0 Å². The number of carbonyl (C=O) groups is 1. The number of aliphatic hydroxyl groups is 1. The minimum atomic E-state index is 0.0191. The van der Waals surface area contributed by atoms with Crippen molar-refractivity contribution >= 4 is 5.97 Å². The smallest absolute Gasteiger partial charge is 0.328 e. The Balaban J connectivity index is 0.000000197. The SMILES string of the molecule is CCC12C=CC(CC1C(=O)ON1CCCCC1)C2.OCCN1CCCCC1. The van der Waals surface area contributed by atoms with Crippen molar-refractivity contribution in [3.05, 3.63) is 12.2 Å². The van der Waals surface area contributed by atoms with Gasteiger partial charge in [0.05, 0.1) is 12.5 Å². The van der Waals surface area contributed by atoms with Crippen LogP contribution in [-0.2, 0) is 9.63 Å². The maximum absolute atomic E-state index is 12.4. The summed E-state index contributed by atoms with van der Waals surface area (Å²) in [7, 11) is 0. The molecule has 2 aliphatic heterocycles. The van der Waals surface area contributed by atoms with Gasteiger partial charge >= 0.3 is 5.97 Å². The van der Waals surface area contributed by atoms with Crippen LogP contribution in [0.25, 0.3) is 0 Å². The number of nitrogens with zero attached hydrogens (tertiary/aromatic N) is 2. The summed E-state index contributed by atoms with van der Waals surface area (Å²) in [5.74, 6) is 0.730. The van der Waals surface area contributed by atoms with E-state index in [9.17, 15) is 4.79 Å². The number of rotatable bonds is 5. The Labute approximate surface area is 164 Å². The fourth-order valence-electron chi connectivity index (χ4n) is 5.22. The summed E-state index contributed by atoms with van der Waals surface area (Å²) in [6.07, 6.45) is 15.4. The fourth-order valence-corrected chi connectivity index (χ4v) is 5.22. The lowest BCUT2D eigenvalue weighted by atomic mass is 9.76. The number of carbonyl (C=O) groups excluding carboxylic acids is 1. The lowest BCUT2D eigenvalue weighted by Crippen LogP contribution is -2.38. The highest BCUT2D eigenvalue weighted by molar-refractivity contribution is 5.74. The molecular formula is C22H38N2O3. The summed E-state index contributed by atoms with van der Waals surface area (Å²) in [6, 6.07) is 0. The molecule has 0 aromatic carbocycles. The van der Waals surface area contributed by atoms with E-state index in [0.29, 0.717) is 12.5 Å². The summed E-state index contributed by atoms with van der Waals surface area (Å²) >= 11 is 0. The van der Waals surface area contributed by atoms with Gasteiger partial charge in [0.2, 0.25) is 0 Å². The Morgan fingerprint density at radius 3 is 2.37 bits per heavy atom. The van der Waals surface area contributed by atoms with Crippen molar-refractivity contribution in [2.24, 2.45) is 17.3 Å². The van der Waals surface area contributed by atoms with E-state index in [1.807, 2.05) is 5.06 Å². The van der Waals surface area contributed by atoms with Crippen molar-refractivity contribution in [2.75, 3.05) is 39.3 Å². The van der Waals surface area contributed by atoms with Crippen LogP contribution in [0.15, 0.2) is 12.2 Å². The van der Waals surface area contributed by atoms with Gasteiger partial charge in [0, 0.05) is 25.0 Å². The largest absolute Gasteiger partial charge is 0.395 e. The fraction of sp³-hybridized carbons (Fsp3) is 0.864. The number of β-amino-alcohol motifs (C(OH)–C–C–N with tert-alkyl or cyclic N) is 1. The molecule has 4 rings (SSSR count). The molecule has 2 saturated heterocycles. The first-order chi connectivity index (χ1) is 13.2. The van der Waals surface area contributed by atoms with Crippen LogP contribution in [0.5, 0.6) is 0 Å². The number of fused-ring (bicyclic) bond motifs is 2. The topological polar surface area (TPSA) is 53.0 Å². The van der Waals surface area contributed by atoms with E-state index in [1.54, 1.807) is 0 Å². The number of likely N-dealkylation sites (tertiary alicyclic amines) is 1. The molecule has 2 bridgehead atoms. The van der Waals surface area contributed by atoms with E-state index in [0.717, 1.165) is 51.7 Å². The number of hydrogen-bond donors (Lipinski definition) is 1. The van der Waals surface area contributed by atoms with E-state index in [4.69, 9.17) is 9.94 Å². The van der Waals surface area contributed by atoms with Crippen LogP contribution in [-0.4, -0.2) is 60.4 Å². The molecule has 3 fully saturated rings. The molecule has 0 radical (unpaired) electrons. The molecule has 1 N–H and O–H groups in total. The number of aliphatic hydroxyl groups excluding tert-OH is 1. The van der Waals surface area contributed by atoms with Gasteiger partial charge in [0.25, 0.3) is 0 Å². The Morgan fingerprint density at radius 2 is 1.78 bits per heavy atom. The van der Waals surface area contributed by atoms with Crippen molar-refractivity contribution in [1.29, 1.82) is 0 Å². The van der Waals surface area contributed by atoms with Gasteiger partial charge in [-0.05, 0) is 64.0 Å². The number of hydrogen-bond acceptors (Lipinski definition) is 5. The summed E-state index contributed by atoms with van der Waals surface area (Å²) in [4.78, 5) is 20.3. The van der Waals surface area contributed by atoms with Crippen LogP contribution in [0, 0.1) is 17.3 Å². The molecule has 5 nitrogen and oxygen atoms in total. The first-order valence-corrected chi connectivity index (χ1v) is 11.2.